The van der Waals surface area contributed by atoms with Crippen molar-refractivity contribution in [3.05, 3.63) is 35.4 Å². The molecule has 0 atom stereocenters. The van der Waals surface area contributed by atoms with E-state index < -0.39 is 11.6 Å². The van der Waals surface area contributed by atoms with E-state index in [2.05, 4.69) is 52.0 Å². The molecule has 0 radical (unpaired) electrons. The number of aryl methyl sites for hydroxylation is 1. The van der Waals surface area contributed by atoms with Crippen molar-refractivity contribution >= 4 is 11.6 Å². The Labute approximate surface area is 95.3 Å². The molecule has 0 saturated carbocycles. The molecule has 3 heteroatoms. The quantitative estimate of drug-likeness (QED) is 0.738. The van der Waals surface area contributed by atoms with Crippen molar-refractivity contribution in [1.29, 1.82) is 0 Å². The molecule has 84 valence electrons. The molecule has 15 heavy (non-hydrogen) atoms. The topological polar surface area (TPSA) is 34.1 Å². The number of benzene rings is 1. The first-order valence-corrected chi connectivity index (χ1v) is 5.53. The minimum atomic E-state index is -0.750. The van der Waals surface area contributed by atoms with Crippen LogP contribution in [0.4, 0.5) is 0 Å². The highest BCUT2D eigenvalue weighted by molar-refractivity contribution is 7.51. The Bertz CT molecular complexity index is 316. The van der Waals surface area contributed by atoms with E-state index in [1.165, 1.54) is 11.1 Å². The number of rotatable bonds is 1. The van der Waals surface area contributed by atoms with Crippen molar-refractivity contribution in [3.63, 3.8) is 0 Å². The summed E-state index contributed by atoms with van der Waals surface area (Å²) in [7, 11) is 0. The van der Waals surface area contributed by atoms with Crippen LogP contribution in [0.1, 0.15) is 31.9 Å². The highest BCUT2D eigenvalue weighted by Crippen LogP contribution is 2.20. The minimum Gasteiger partial charge on any atom is -0.168 e. The average Bonchev–Trinajstić information content (AvgIpc) is 2.08. The van der Waals surface area contributed by atoms with Crippen LogP contribution >= 0.6 is 0 Å². The molecule has 1 rings (SSSR count). The summed E-state index contributed by atoms with van der Waals surface area (Å²) in [6.45, 7) is 8.94. The third kappa shape index (κ3) is 8.06. The van der Waals surface area contributed by atoms with Crippen LogP contribution in [-0.4, -0.2) is 8.42 Å². The Morgan fingerprint density at radius 1 is 1.07 bits per heavy atom. The molecule has 0 bridgehead atoms. The van der Waals surface area contributed by atoms with E-state index >= 15 is 0 Å². The van der Waals surface area contributed by atoms with Crippen molar-refractivity contribution in [2.75, 3.05) is 0 Å². The SMILES string of the molecule is Cc1ccc(CC(C)(C)C)cc1.O=S=O. The maximum Gasteiger partial charge on any atom is 0.335 e. The summed E-state index contributed by atoms with van der Waals surface area (Å²) in [6.07, 6.45) is 1.16. The maximum atomic E-state index is 8.29. The summed E-state index contributed by atoms with van der Waals surface area (Å²) < 4.78 is 16.6. The molecule has 0 unspecified atom stereocenters. The summed E-state index contributed by atoms with van der Waals surface area (Å²) >= 11 is -0.750. The number of hydrogen-bond acceptors (Lipinski definition) is 2. The first-order chi connectivity index (χ1) is 6.89. The lowest BCUT2D eigenvalue weighted by atomic mass is 9.88. The van der Waals surface area contributed by atoms with Crippen molar-refractivity contribution in [2.45, 2.75) is 34.1 Å². The molecule has 0 fully saturated rings. The van der Waals surface area contributed by atoms with Gasteiger partial charge in [-0.2, -0.15) is 8.42 Å². The van der Waals surface area contributed by atoms with Crippen LogP contribution in [0.5, 0.6) is 0 Å². The fraction of sp³-hybridized carbons (Fsp3) is 0.500. The molecule has 2 nitrogen and oxygen atoms in total. The zero-order chi connectivity index (χ0) is 11.9. The van der Waals surface area contributed by atoms with Gasteiger partial charge in [-0.05, 0) is 24.3 Å². The lowest BCUT2D eigenvalue weighted by molar-refractivity contribution is 0.411. The van der Waals surface area contributed by atoms with Crippen molar-refractivity contribution in [3.8, 4) is 0 Å². The summed E-state index contributed by atoms with van der Waals surface area (Å²) in [6, 6.07) is 8.81. The van der Waals surface area contributed by atoms with Crippen molar-refractivity contribution < 1.29 is 8.42 Å². The van der Waals surface area contributed by atoms with Crippen LogP contribution in [0.2, 0.25) is 0 Å². The van der Waals surface area contributed by atoms with Gasteiger partial charge >= 0.3 is 11.6 Å². The van der Waals surface area contributed by atoms with Gasteiger partial charge in [-0.3, -0.25) is 0 Å². The van der Waals surface area contributed by atoms with Gasteiger partial charge in [-0.1, -0.05) is 50.6 Å². The summed E-state index contributed by atoms with van der Waals surface area (Å²) in [5, 5.41) is 0. The maximum absolute atomic E-state index is 8.29. The van der Waals surface area contributed by atoms with Crippen LogP contribution in [0, 0.1) is 12.3 Å². The lowest BCUT2D eigenvalue weighted by Crippen LogP contribution is -2.08. The lowest BCUT2D eigenvalue weighted by Gasteiger charge is -2.17. The van der Waals surface area contributed by atoms with Gasteiger partial charge in [-0.15, -0.1) is 0 Å². The fourth-order valence-corrected chi connectivity index (χ4v) is 1.32. The average molecular weight is 226 g/mol. The van der Waals surface area contributed by atoms with Crippen LogP contribution in [-0.2, 0) is 18.0 Å². The molecule has 0 saturated heterocycles. The molecule has 0 aliphatic rings. The Hall–Kier alpha value is -0.960. The zero-order valence-corrected chi connectivity index (χ0v) is 10.6. The largest absolute Gasteiger partial charge is 0.335 e. The second-order valence-corrected chi connectivity index (χ2v) is 4.93. The van der Waals surface area contributed by atoms with E-state index in [0.717, 1.165) is 6.42 Å². The standard InChI is InChI=1S/C12H18.O2S/c1-10-5-7-11(8-6-10)9-12(2,3)4;1-3-2/h5-8H,9H2,1-4H3;. The van der Waals surface area contributed by atoms with Crippen LogP contribution in [0.15, 0.2) is 24.3 Å². The summed E-state index contributed by atoms with van der Waals surface area (Å²) in [5.74, 6) is 0. The summed E-state index contributed by atoms with van der Waals surface area (Å²) in [4.78, 5) is 0. The smallest absolute Gasteiger partial charge is 0.168 e. The van der Waals surface area contributed by atoms with Gasteiger partial charge in [0.05, 0.1) is 0 Å². The normalized spacial score (nSPS) is 10.1. The van der Waals surface area contributed by atoms with Crippen molar-refractivity contribution in [1.82, 2.24) is 0 Å². The third-order valence-electron chi connectivity index (χ3n) is 1.86. The predicted molar refractivity (Wildman–Crippen MR) is 63.3 cm³/mol. The second kappa shape index (κ2) is 6.51. The molecule has 0 spiro atoms. The van der Waals surface area contributed by atoms with Crippen LogP contribution in [0.25, 0.3) is 0 Å². The van der Waals surface area contributed by atoms with Gasteiger partial charge in [0.15, 0.2) is 0 Å². The van der Waals surface area contributed by atoms with Crippen molar-refractivity contribution in [2.24, 2.45) is 5.41 Å². The molecule has 1 aromatic rings. The molecule has 0 amide bonds. The Kier molecular flexibility index (Phi) is 6.09. The van der Waals surface area contributed by atoms with Gasteiger partial charge < -0.3 is 0 Å². The van der Waals surface area contributed by atoms with Gasteiger partial charge in [0, 0.05) is 0 Å². The van der Waals surface area contributed by atoms with Crippen LogP contribution in [0.3, 0.4) is 0 Å². The first kappa shape index (κ1) is 14.0. The van der Waals surface area contributed by atoms with Gasteiger partial charge in [0.2, 0.25) is 0 Å². The highest BCUT2D eigenvalue weighted by Gasteiger charge is 2.10. The number of hydrogen-bond donors (Lipinski definition) is 0. The third-order valence-corrected chi connectivity index (χ3v) is 1.86. The zero-order valence-electron chi connectivity index (χ0n) is 9.74. The molecule has 0 heterocycles. The molecule has 1 aromatic carbocycles. The highest BCUT2D eigenvalue weighted by atomic mass is 32.1. The van der Waals surface area contributed by atoms with E-state index in [4.69, 9.17) is 8.42 Å². The molecular formula is C12H18O2S. The Balaban J connectivity index is 0.000000583. The molecule has 0 aliphatic carbocycles. The van der Waals surface area contributed by atoms with E-state index in [-0.39, 0.29) is 0 Å². The monoisotopic (exact) mass is 226 g/mol. The van der Waals surface area contributed by atoms with E-state index in [9.17, 15) is 0 Å². The Morgan fingerprint density at radius 2 is 1.47 bits per heavy atom. The predicted octanol–water partition coefficient (Wildman–Crippen LogP) is 2.91. The van der Waals surface area contributed by atoms with E-state index in [1.807, 2.05) is 0 Å². The Morgan fingerprint density at radius 3 is 1.80 bits per heavy atom. The second-order valence-electron chi connectivity index (χ2n) is 4.79. The van der Waals surface area contributed by atoms with Crippen LogP contribution < -0.4 is 0 Å². The molecule has 0 N–H and O–H groups in total. The van der Waals surface area contributed by atoms with E-state index in [1.54, 1.807) is 0 Å². The minimum absolute atomic E-state index is 0.398. The summed E-state index contributed by atoms with van der Waals surface area (Å²) in [5.41, 5.74) is 3.18. The van der Waals surface area contributed by atoms with Gasteiger partial charge in [0.1, 0.15) is 0 Å². The fourth-order valence-electron chi connectivity index (χ4n) is 1.32. The first-order valence-electron chi connectivity index (χ1n) is 4.86. The van der Waals surface area contributed by atoms with Gasteiger partial charge in [-0.25, -0.2) is 0 Å². The van der Waals surface area contributed by atoms with Gasteiger partial charge in [0.25, 0.3) is 0 Å². The molecule has 0 aliphatic heterocycles. The molecule has 0 aromatic heterocycles. The molecular weight excluding hydrogens is 208 g/mol. The van der Waals surface area contributed by atoms with E-state index in [0.29, 0.717) is 5.41 Å².